The summed E-state index contributed by atoms with van der Waals surface area (Å²) in [6.45, 7) is 6.74. The fourth-order valence-electron chi connectivity index (χ4n) is 2.22. The zero-order valence-corrected chi connectivity index (χ0v) is 13.0. The Morgan fingerprint density at radius 3 is 2.71 bits per heavy atom. The van der Waals surface area contributed by atoms with Crippen LogP contribution in [0.3, 0.4) is 0 Å². The van der Waals surface area contributed by atoms with Crippen molar-refractivity contribution in [1.29, 1.82) is 0 Å². The molecule has 4 heteroatoms. The van der Waals surface area contributed by atoms with Crippen LogP contribution in [0.5, 0.6) is 0 Å². The van der Waals surface area contributed by atoms with Gasteiger partial charge < -0.3 is 5.32 Å². The molecule has 0 aliphatic carbocycles. The molecule has 112 valence electrons. The van der Waals surface area contributed by atoms with E-state index >= 15 is 0 Å². The van der Waals surface area contributed by atoms with Gasteiger partial charge in [-0.3, -0.25) is 9.48 Å². The van der Waals surface area contributed by atoms with Crippen molar-refractivity contribution in [2.24, 2.45) is 0 Å². The van der Waals surface area contributed by atoms with Crippen LogP contribution < -0.4 is 5.32 Å². The number of carbonyl (C=O) groups is 1. The molecule has 1 aromatic heterocycles. The zero-order valence-electron chi connectivity index (χ0n) is 13.0. The van der Waals surface area contributed by atoms with E-state index < -0.39 is 0 Å². The number of carbonyl (C=O) groups excluding carboxylic acids is 1. The van der Waals surface area contributed by atoms with E-state index in [9.17, 15) is 4.79 Å². The first kappa shape index (κ1) is 15.3. The molecule has 1 N–H and O–H groups in total. The minimum atomic E-state index is -0.294. The SMILES string of the molecule is CCCCNC(=O)C(C)n1cc(C)c(-c2ccccc2)n1. The van der Waals surface area contributed by atoms with Crippen LogP contribution in [0, 0.1) is 6.92 Å². The number of nitrogens with zero attached hydrogens (tertiary/aromatic N) is 2. The highest BCUT2D eigenvalue weighted by Gasteiger charge is 2.17. The second-order valence-corrected chi connectivity index (χ2v) is 5.33. The maximum absolute atomic E-state index is 12.1. The lowest BCUT2D eigenvalue weighted by molar-refractivity contribution is -0.124. The van der Waals surface area contributed by atoms with Crippen LogP contribution in [0.15, 0.2) is 36.5 Å². The monoisotopic (exact) mass is 285 g/mol. The van der Waals surface area contributed by atoms with E-state index in [1.54, 1.807) is 4.68 Å². The Morgan fingerprint density at radius 1 is 1.33 bits per heavy atom. The summed E-state index contributed by atoms with van der Waals surface area (Å²) in [6.07, 6.45) is 4.02. The second-order valence-electron chi connectivity index (χ2n) is 5.33. The standard InChI is InChI=1S/C17H23N3O/c1-4-5-11-18-17(21)14(3)20-12-13(2)16(19-20)15-9-7-6-8-10-15/h6-10,12,14H,4-5,11H2,1-3H3,(H,18,21). The van der Waals surface area contributed by atoms with Gasteiger partial charge in [0.25, 0.3) is 0 Å². The minimum absolute atomic E-state index is 0.0190. The third kappa shape index (κ3) is 3.72. The number of unbranched alkanes of at least 4 members (excludes halogenated alkanes) is 1. The van der Waals surface area contributed by atoms with Crippen LogP contribution in [0.25, 0.3) is 11.3 Å². The Kier molecular flexibility index (Phi) is 5.14. The fraction of sp³-hybridized carbons (Fsp3) is 0.412. The number of aromatic nitrogens is 2. The van der Waals surface area contributed by atoms with Gasteiger partial charge in [0.05, 0.1) is 5.69 Å². The molecule has 0 radical (unpaired) electrons. The van der Waals surface area contributed by atoms with Crippen LogP contribution in [0.4, 0.5) is 0 Å². The van der Waals surface area contributed by atoms with Crippen molar-refractivity contribution in [3.63, 3.8) is 0 Å². The number of nitrogens with one attached hydrogen (secondary N) is 1. The van der Waals surface area contributed by atoms with Gasteiger partial charge in [-0.05, 0) is 25.8 Å². The molecule has 2 rings (SSSR count). The predicted octanol–water partition coefficient (Wildman–Crippen LogP) is 3.34. The molecule has 4 nitrogen and oxygen atoms in total. The summed E-state index contributed by atoms with van der Waals surface area (Å²) in [5.74, 6) is 0.0190. The van der Waals surface area contributed by atoms with Crippen molar-refractivity contribution in [3.8, 4) is 11.3 Å². The first-order valence-electron chi connectivity index (χ1n) is 7.52. The average molecular weight is 285 g/mol. The summed E-state index contributed by atoms with van der Waals surface area (Å²) in [4.78, 5) is 12.1. The number of aryl methyl sites for hydroxylation is 1. The third-order valence-electron chi connectivity index (χ3n) is 3.57. The molecule has 0 fully saturated rings. The highest BCUT2D eigenvalue weighted by molar-refractivity contribution is 5.79. The highest BCUT2D eigenvalue weighted by atomic mass is 16.2. The molecular weight excluding hydrogens is 262 g/mol. The van der Waals surface area contributed by atoms with E-state index in [1.807, 2.05) is 50.4 Å². The van der Waals surface area contributed by atoms with Crippen molar-refractivity contribution in [2.45, 2.75) is 39.7 Å². The van der Waals surface area contributed by atoms with Gasteiger partial charge in [-0.2, -0.15) is 5.10 Å². The molecule has 0 aliphatic heterocycles. The molecule has 2 aromatic rings. The van der Waals surface area contributed by atoms with Gasteiger partial charge >= 0.3 is 0 Å². The lowest BCUT2D eigenvalue weighted by atomic mass is 10.1. The first-order valence-corrected chi connectivity index (χ1v) is 7.52. The molecule has 1 heterocycles. The minimum Gasteiger partial charge on any atom is -0.354 e. The summed E-state index contributed by atoms with van der Waals surface area (Å²) < 4.78 is 1.75. The van der Waals surface area contributed by atoms with Crippen molar-refractivity contribution in [2.75, 3.05) is 6.54 Å². The summed E-state index contributed by atoms with van der Waals surface area (Å²) >= 11 is 0. The number of benzene rings is 1. The Labute approximate surface area is 126 Å². The molecule has 21 heavy (non-hydrogen) atoms. The molecule has 0 spiro atoms. The van der Waals surface area contributed by atoms with Crippen LogP contribution in [0.1, 0.15) is 38.3 Å². The maximum Gasteiger partial charge on any atom is 0.244 e. The van der Waals surface area contributed by atoms with Gasteiger partial charge in [-0.1, -0.05) is 43.7 Å². The van der Waals surface area contributed by atoms with E-state index in [1.165, 1.54) is 0 Å². The van der Waals surface area contributed by atoms with Crippen LogP contribution in [0.2, 0.25) is 0 Å². The number of rotatable bonds is 6. The van der Waals surface area contributed by atoms with E-state index in [-0.39, 0.29) is 11.9 Å². The Bertz CT molecular complexity index is 589. The van der Waals surface area contributed by atoms with E-state index in [2.05, 4.69) is 17.3 Å². The highest BCUT2D eigenvalue weighted by Crippen LogP contribution is 2.22. The van der Waals surface area contributed by atoms with Crippen molar-refractivity contribution < 1.29 is 4.79 Å². The zero-order chi connectivity index (χ0) is 15.2. The normalized spacial score (nSPS) is 12.1. The van der Waals surface area contributed by atoms with Crippen LogP contribution in [-0.4, -0.2) is 22.2 Å². The Morgan fingerprint density at radius 2 is 2.05 bits per heavy atom. The summed E-state index contributed by atoms with van der Waals surface area (Å²) in [6, 6.07) is 9.75. The van der Waals surface area contributed by atoms with Crippen LogP contribution >= 0.6 is 0 Å². The van der Waals surface area contributed by atoms with Gasteiger partial charge in [0, 0.05) is 18.3 Å². The topological polar surface area (TPSA) is 46.9 Å². The Hall–Kier alpha value is -2.10. The molecule has 0 bridgehead atoms. The summed E-state index contributed by atoms with van der Waals surface area (Å²) in [5, 5.41) is 7.54. The van der Waals surface area contributed by atoms with E-state index in [0.717, 1.165) is 36.2 Å². The van der Waals surface area contributed by atoms with Gasteiger partial charge in [-0.15, -0.1) is 0 Å². The van der Waals surface area contributed by atoms with E-state index in [0.29, 0.717) is 0 Å². The smallest absolute Gasteiger partial charge is 0.244 e. The average Bonchev–Trinajstić information content (AvgIpc) is 2.89. The number of hydrogen-bond donors (Lipinski definition) is 1. The number of amides is 1. The van der Waals surface area contributed by atoms with Gasteiger partial charge in [0.15, 0.2) is 0 Å². The fourth-order valence-corrected chi connectivity index (χ4v) is 2.22. The van der Waals surface area contributed by atoms with Crippen molar-refractivity contribution >= 4 is 5.91 Å². The number of hydrogen-bond acceptors (Lipinski definition) is 2. The summed E-state index contributed by atoms with van der Waals surface area (Å²) in [7, 11) is 0. The largest absolute Gasteiger partial charge is 0.354 e. The maximum atomic E-state index is 12.1. The Balaban J connectivity index is 2.13. The van der Waals surface area contributed by atoms with Crippen LogP contribution in [-0.2, 0) is 4.79 Å². The lowest BCUT2D eigenvalue weighted by Crippen LogP contribution is -2.31. The molecule has 1 atom stereocenters. The molecule has 1 unspecified atom stereocenters. The van der Waals surface area contributed by atoms with Gasteiger partial charge in [0.2, 0.25) is 5.91 Å². The van der Waals surface area contributed by atoms with Crippen molar-refractivity contribution in [1.82, 2.24) is 15.1 Å². The third-order valence-corrected chi connectivity index (χ3v) is 3.57. The molecule has 0 aliphatic rings. The van der Waals surface area contributed by atoms with Gasteiger partial charge in [-0.25, -0.2) is 0 Å². The molecule has 0 saturated carbocycles. The molecule has 1 amide bonds. The quantitative estimate of drug-likeness (QED) is 0.827. The molecule has 1 aromatic carbocycles. The summed E-state index contributed by atoms with van der Waals surface area (Å²) in [5.41, 5.74) is 3.09. The van der Waals surface area contributed by atoms with Gasteiger partial charge in [0.1, 0.15) is 6.04 Å². The molecular formula is C17H23N3O. The lowest BCUT2D eigenvalue weighted by Gasteiger charge is -2.12. The first-order chi connectivity index (χ1) is 10.1. The second kappa shape index (κ2) is 7.07. The van der Waals surface area contributed by atoms with E-state index in [4.69, 9.17) is 0 Å². The van der Waals surface area contributed by atoms with Crippen molar-refractivity contribution in [3.05, 3.63) is 42.1 Å². The predicted molar refractivity (Wildman–Crippen MR) is 85.0 cm³/mol. The molecule has 0 saturated heterocycles.